The third kappa shape index (κ3) is 3.44. The van der Waals surface area contributed by atoms with Crippen molar-refractivity contribution in [1.29, 1.82) is 0 Å². The maximum absolute atomic E-state index is 13.2. The van der Waals surface area contributed by atoms with Crippen LogP contribution in [0.5, 0.6) is 5.75 Å². The molecular weight excluding hydrogens is 342 g/mol. The van der Waals surface area contributed by atoms with E-state index in [1.807, 2.05) is 47.2 Å². The number of nitrogens with one attached hydrogen (secondary N) is 1. The lowest BCUT2D eigenvalue weighted by molar-refractivity contribution is -0.144. The zero-order valence-corrected chi connectivity index (χ0v) is 15.6. The molecule has 1 atom stereocenters. The summed E-state index contributed by atoms with van der Waals surface area (Å²) in [6, 6.07) is 11.0. The molecule has 2 aliphatic rings. The maximum Gasteiger partial charge on any atom is 0.249 e. The second-order valence-electron chi connectivity index (χ2n) is 7.29. The van der Waals surface area contributed by atoms with Crippen molar-refractivity contribution >= 4 is 11.8 Å². The summed E-state index contributed by atoms with van der Waals surface area (Å²) in [5, 5.41) is 3.17. The van der Waals surface area contributed by atoms with E-state index < -0.39 is 6.04 Å². The Kier molecular flexibility index (Phi) is 4.88. The Hall–Kier alpha value is -2.76. The first-order valence-electron chi connectivity index (χ1n) is 9.54. The Balaban J connectivity index is 1.64. The number of hydrogen-bond acceptors (Lipinski definition) is 3. The molecule has 4 rings (SSSR count). The van der Waals surface area contributed by atoms with Gasteiger partial charge in [0.1, 0.15) is 12.3 Å². The Bertz CT molecular complexity index is 839. The lowest BCUT2D eigenvalue weighted by Gasteiger charge is -2.36. The average Bonchev–Trinajstić information content (AvgIpc) is 3.34. The number of ether oxygens (including phenoxy) is 1. The first-order chi connectivity index (χ1) is 13.2. The van der Waals surface area contributed by atoms with Crippen molar-refractivity contribution in [2.75, 3.05) is 7.11 Å². The van der Waals surface area contributed by atoms with E-state index in [-0.39, 0.29) is 24.4 Å². The molecule has 1 aliphatic heterocycles. The first kappa shape index (κ1) is 17.6. The Morgan fingerprint density at radius 3 is 2.74 bits per heavy atom. The molecule has 2 aromatic rings. The minimum absolute atomic E-state index is 0.0591. The fourth-order valence-corrected chi connectivity index (χ4v) is 4.18. The van der Waals surface area contributed by atoms with E-state index in [4.69, 9.17) is 4.74 Å². The van der Waals surface area contributed by atoms with Crippen LogP contribution in [0.15, 0.2) is 42.6 Å². The van der Waals surface area contributed by atoms with E-state index in [9.17, 15) is 9.59 Å². The van der Waals surface area contributed by atoms with Gasteiger partial charge in [0.2, 0.25) is 11.8 Å². The number of rotatable bonds is 5. The highest BCUT2D eigenvalue weighted by molar-refractivity contribution is 5.90. The van der Waals surface area contributed by atoms with Gasteiger partial charge in [-0.1, -0.05) is 31.0 Å². The van der Waals surface area contributed by atoms with E-state index in [2.05, 4.69) is 5.32 Å². The van der Waals surface area contributed by atoms with Gasteiger partial charge in [0.25, 0.3) is 0 Å². The molecular formula is C21H25N3O3. The highest BCUT2D eigenvalue weighted by Crippen LogP contribution is 2.31. The number of para-hydroxylation sites is 1. The molecule has 1 N–H and O–H groups in total. The minimum Gasteiger partial charge on any atom is -0.496 e. The smallest absolute Gasteiger partial charge is 0.249 e. The van der Waals surface area contributed by atoms with Gasteiger partial charge in [-0.2, -0.15) is 0 Å². The van der Waals surface area contributed by atoms with Gasteiger partial charge in [-0.05, 0) is 31.0 Å². The van der Waals surface area contributed by atoms with Crippen molar-refractivity contribution in [3.8, 4) is 5.75 Å². The molecule has 27 heavy (non-hydrogen) atoms. The van der Waals surface area contributed by atoms with Crippen LogP contribution in [0.1, 0.15) is 43.0 Å². The van der Waals surface area contributed by atoms with E-state index in [0.29, 0.717) is 6.54 Å². The number of carbonyl (C=O) groups excluding carboxylic acids is 2. The number of nitrogens with zero attached hydrogens (tertiary/aromatic N) is 2. The maximum atomic E-state index is 13.2. The van der Waals surface area contributed by atoms with Crippen molar-refractivity contribution in [3.05, 3.63) is 53.9 Å². The van der Waals surface area contributed by atoms with Gasteiger partial charge >= 0.3 is 0 Å². The summed E-state index contributed by atoms with van der Waals surface area (Å²) >= 11 is 0. The molecule has 1 saturated carbocycles. The van der Waals surface area contributed by atoms with E-state index in [1.165, 1.54) is 0 Å². The van der Waals surface area contributed by atoms with Gasteiger partial charge in [0.15, 0.2) is 6.04 Å². The molecule has 142 valence electrons. The van der Waals surface area contributed by atoms with Gasteiger partial charge in [-0.15, -0.1) is 0 Å². The Morgan fingerprint density at radius 2 is 1.96 bits per heavy atom. The van der Waals surface area contributed by atoms with Crippen molar-refractivity contribution in [3.63, 3.8) is 0 Å². The molecule has 6 nitrogen and oxygen atoms in total. The third-order valence-corrected chi connectivity index (χ3v) is 5.57. The van der Waals surface area contributed by atoms with Crippen LogP contribution in [0.25, 0.3) is 0 Å². The molecule has 2 amide bonds. The summed E-state index contributed by atoms with van der Waals surface area (Å²) in [4.78, 5) is 27.7. The summed E-state index contributed by atoms with van der Waals surface area (Å²) in [5.41, 5.74) is 1.76. The van der Waals surface area contributed by atoms with Crippen LogP contribution >= 0.6 is 0 Å². The average molecular weight is 367 g/mol. The Labute approximate surface area is 159 Å². The molecule has 0 radical (unpaired) electrons. The zero-order valence-electron chi connectivity index (χ0n) is 15.6. The van der Waals surface area contributed by atoms with Crippen LogP contribution < -0.4 is 10.1 Å². The molecule has 0 saturated heterocycles. The predicted octanol–water partition coefficient (Wildman–Crippen LogP) is 2.64. The molecule has 2 heterocycles. The standard InChI is InChI=1S/C21H25N3O3/c1-27-18-11-5-2-7-15(18)13-24-19(25)14-23-12-6-10-17(23)20(24)21(26)22-16-8-3-4-9-16/h2,5-7,10-12,16,20H,3-4,8-9,13-14H2,1H3,(H,22,26)/t20-/m1/s1. The SMILES string of the molecule is COc1ccccc1CN1C(=O)Cn2cccc2[C@@H]1C(=O)NC1CCCC1. The number of amides is 2. The van der Waals surface area contributed by atoms with Crippen LogP contribution in [-0.4, -0.2) is 34.4 Å². The summed E-state index contributed by atoms with van der Waals surface area (Å²) < 4.78 is 7.31. The van der Waals surface area contributed by atoms with Crippen LogP contribution in [0, 0.1) is 0 Å². The van der Waals surface area contributed by atoms with Crippen molar-refractivity contribution in [1.82, 2.24) is 14.8 Å². The number of aromatic nitrogens is 1. The number of fused-ring (bicyclic) bond motifs is 1. The van der Waals surface area contributed by atoms with E-state index in [0.717, 1.165) is 42.7 Å². The van der Waals surface area contributed by atoms with Crippen molar-refractivity contribution in [2.45, 2.75) is 50.9 Å². The molecule has 1 aromatic carbocycles. The van der Waals surface area contributed by atoms with Gasteiger partial charge in [-0.3, -0.25) is 9.59 Å². The normalized spacial score (nSPS) is 19.8. The van der Waals surface area contributed by atoms with Gasteiger partial charge in [0.05, 0.1) is 19.3 Å². The second kappa shape index (κ2) is 7.47. The number of carbonyl (C=O) groups is 2. The Morgan fingerprint density at radius 1 is 1.19 bits per heavy atom. The summed E-state index contributed by atoms with van der Waals surface area (Å²) in [7, 11) is 1.62. The monoisotopic (exact) mass is 367 g/mol. The number of benzene rings is 1. The van der Waals surface area contributed by atoms with Gasteiger partial charge in [-0.25, -0.2) is 0 Å². The quantitative estimate of drug-likeness (QED) is 0.884. The number of methoxy groups -OCH3 is 1. The number of hydrogen-bond donors (Lipinski definition) is 1. The summed E-state index contributed by atoms with van der Waals surface area (Å²) in [6.45, 7) is 0.599. The fraction of sp³-hybridized carbons (Fsp3) is 0.429. The van der Waals surface area contributed by atoms with Crippen LogP contribution in [0.3, 0.4) is 0 Å². The topological polar surface area (TPSA) is 63.6 Å². The molecule has 0 spiro atoms. The zero-order chi connectivity index (χ0) is 18.8. The highest BCUT2D eigenvalue weighted by atomic mass is 16.5. The molecule has 1 fully saturated rings. The van der Waals surface area contributed by atoms with Gasteiger partial charge < -0.3 is 19.5 Å². The van der Waals surface area contributed by atoms with Crippen LogP contribution in [-0.2, 0) is 22.7 Å². The minimum atomic E-state index is -0.619. The third-order valence-electron chi connectivity index (χ3n) is 5.57. The molecule has 0 unspecified atom stereocenters. The lowest BCUT2D eigenvalue weighted by Crippen LogP contribution is -2.50. The molecule has 1 aliphatic carbocycles. The molecule has 1 aromatic heterocycles. The fourth-order valence-electron chi connectivity index (χ4n) is 4.18. The van der Waals surface area contributed by atoms with E-state index >= 15 is 0 Å². The summed E-state index contributed by atoms with van der Waals surface area (Å²) in [6.07, 6.45) is 6.19. The van der Waals surface area contributed by atoms with Crippen molar-refractivity contribution in [2.24, 2.45) is 0 Å². The summed E-state index contributed by atoms with van der Waals surface area (Å²) in [5.74, 6) is 0.571. The second-order valence-corrected chi connectivity index (χ2v) is 7.29. The molecule has 0 bridgehead atoms. The highest BCUT2D eigenvalue weighted by Gasteiger charge is 2.38. The molecule has 6 heteroatoms. The largest absolute Gasteiger partial charge is 0.496 e. The lowest BCUT2D eigenvalue weighted by atomic mass is 10.1. The first-order valence-corrected chi connectivity index (χ1v) is 9.54. The van der Waals surface area contributed by atoms with Crippen LogP contribution in [0.2, 0.25) is 0 Å². The van der Waals surface area contributed by atoms with E-state index in [1.54, 1.807) is 12.0 Å². The van der Waals surface area contributed by atoms with Crippen molar-refractivity contribution < 1.29 is 14.3 Å². The predicted molar refractivity (Wildman–Crippen MR) is 101 cm³/mol. The van der Waals surface area contributed by atoms with Crippen LogP contribution in [0.4, 0.5) is 0 Å². The van der Waals surface area contributed by atoms with Gasteiger partial charge in [0, 0.05) is 17.8 Å².